The van der Waals surface area contributed by atoms with Crippen molar-refractivity contribution < 1.29 is 9.26 Å². The lowest BCUT2D eigenvalue weighted by Crippen LogP contribution is -2.26. The zero-order chi connectivity index (χ0) is 17.4. The van der Waals surface area contributed by atoms with Crippen LogP contribution in [-0.4, -0.2) is 37.2 Å². The van der Waals surface area contributed by atoms with E-state index in [1.165, 1.54) is 0 Å². The molecule has 3 aromatic heterocycles. The van der Waals surface area contributed by atoms with E-state index < -0.39 is 0 Å². The number of aryl methyl sites for hydroxylation is 3. The molecule has 1 saturated heterocycles. The van der Waals surface area contributed by atoms with Crippen molar-refractivity contribution in [3.8, 4) is 0 Å². The first-order valence-corrected chi connectivity index (χ1v) is 8.57. The largest absolute Gasteiger partial charge is 0.364 e. The normalized spacial score (nSPS) is 20.6. The number of nitrogens with one attached hydrogen (secondary N) is 1. The van der Waals surface area contributed by atoms with Crippen LogP contribution in [0.2, 0.25) is 0 Å². The molecule has 0 unspecified atom stereocenters. The number of aromatic nitrogens is 5. The molecule has 0 radical (unpaired) electrons. The maximum Gasteiger partial charge on any atom is 0.255 e. The molecule has 0 aromatic carbocycles. The Morgan fingerprint density at radius 1 is 1.24 bits per heavy atom. The van der Waals surface area contributed by atoms with E-state index in [-0.39, 0.29) is 12.2 Å². The molecule has 1 aliphatic heterocycles. The smallest absolute Gasteiger partial charge is 0.255 e. The summed E-state index contributed by atoms with van der Waals surface area (Å²) in [6.45, 7) is 7.36. The van der Waals surface area contributed by atoms with Gasteiger partial charge in [0.1, 0.15) is 6.10 Å². The summed E-state index contributed by atoms with van der Waals surface area (Å²) in [6, 6.07) is 2.06. The highest BCUT2D eigenvalue weighted by Crippen LogP contribution is 2.31. The van der Waals surface area contributed by atoms with E-state index in [0.717, 1.165) is 48.8 Å². The topological polar surface area (TPSA) is 90.4 Å². The molecule has 8 nitrogen and oxygen atoms in total. The van der Waals surface area contributed by atoms with Crippen molar-refractivity contribution in [1.29, 1.82) is 0 Å². The van der Waals surface area contributed by atoms with Gasteiger partial charge < -0.3 is 14.6 Å². The third-order valence-corrected chi connectivity index (χ3v) is 4.47. The van der Waals surface area contributed by atoms with Gasteiger partial charge >= 0.3 is 0 Å². The number of imidazole rings is 1. The molecule has 0 saturated carbocycles. The summed E-state index contributed by atoms with van der Waals surface area (Å²) in [5.74, 6) is 1.98. The maximum absolute atomic E-state index is 6.01. The Bertz CT molecular complexity index is 887. The molecule has 1 aliphatic rings. The average Bonchev–Trinajstić information content (AvgIpc) is 3.27. The number of hydrogen-bond donors (Lipinski definition) is 1. The summed E-state index contributed by atoms with van der Waals surface area (Å²) in [7, 11) is 0. The summed E-state index contributed by atoms with van der Waals surface area (Å²) in [5, 5.41) is 7.29. The van der Waals surface area contributed by atoms with E-state index >= 15 is 0 Å². The average molecular weight is 342 g/mol. The van der Waals surface area contributed by atoms with Crippen molar-refractivity contribution in [1.82, 2.24) is 29.8 Å². The number of ether oxygens (including phenoxy) is 1. The molecule has 0 spiro atoms. The predicted octanol–water partition coefficient (Wildman–Crippen LogP) is 2.05. The van der Waals surface area contributed by atoms with Gasteiger partial charge in [-0.1, -0.05) is 5.16 Å². The summed E-state index contributed by atoms with van der Waals surface area (Å²) in [5.41, 5.74) is 3.22. The Labute approximate surface area is 145 Å². The minimum Gasteiger partial charge on any atom is -0.364 e. The van der Waals surface area contributed by atoms with Crippen molar-refractivity contribution in [3.63, 3.8) is 0 Å². The fraction of sp³-hybridized carbons (Fsp3) is 0.529. The first kappa shape index (κ1) is 16.2. The molecule has 132 valence electrons. The van der Waals surface area contributed by atoms with E-state index in [0.29, 0.717) is 11.7 Å². The molecule has 3 aromatic rings. The monoisotopic (exact) mass is 342 g/mol. The van der Waals surface area contributed by atoms with Gasteiger partial charge in [0, 0.05) is 24.5 Å². The van der Waals surface area contributed by atoms with E-state index in [4.69, 9.17) is 9.26 Å². The third-order valence-electron chi connectivity index (χ3n) is 4.47. The molecule has 2 atom stereocenters. The minimum absolute atomic E-state index is 0.0850. The fourth-order valence-corrected chi connectivity index (χ4v) is 3.36. The van der Waals surface area contributed by atoms with Crippen molar-refractivity contribution in [2.45, 2.75) is 52.4 Å². The van der Waals surface area contributed by atoms with Crippen LogP contribution in [0.1, 0.15) is 47.7 Å². The fourth-order valence-electron chi connectivity index (χ4n) is 3.36. The van der Waals surface area contributed by atoms with Crippen LogP contribution in [0.25, 0.3) is 5.78 Å². The predicted molar refractivity (Wildman–Crippen MR) is 90.1 cm³/mol. The lowest BCUT2D eigenvalue weighted by molar-refractivity contribution is 0.0263. The summed E-state index contributed by atoms with van der Waals surface area (Å²) in [6.07, 6.45) is 3.83. The Morgan fingerprint density at radius 3 is 2.92 bits per heavy atom. The van der Waals surface area contributed by atoms with Gasteiger partial charge in [0.15, 0.2) is 5.82 Å². The second kappa shape index (κ2) is 6.53. The van der Waals surface area contributed by atoms with Crippen molar-refractivity contribution in [2.24, 2.45) is 0 Å². The number of rotatable bonds is 5. The van der Waals surface area contributed by atoms with Crippen LogP contribution in [-0.2, 0) is 11.3 Å². The van der Waals surface area contributed by atoms with Crippen LogP contribution in [0, 0.1) is 20.8 Å². The molecule has 0 bridgehead atoms. The van der Waals surface area contributed by atoms with Gasteiger partial charge in [0.2, 0.25) is 5.78 Å². The summed E-state index contributed by atoms with van der Waals surface area (Å²) >= 11 is 0. The van der Waals surface area contributed by atoms with Crippen molar-refractivity contribution in [3.05, 3.63) is 41.1 Å². The van der Waals surface area contributed by atoms with E-state index in [2.05, 4.69) is 42.8 Å². The molecule has 8 heteroatoms. The van der Waals surface area contributed by atoms with Gasteiger partial charge in [-0.25, -0.2) is 9.97 Å². The van der Waals surface area contributed by atoms with E-state index in [1.54, 1.807) is 0 Å². The van der Waals surface area contributed by atoms with Crippen LogP contribution in [0.3, 0.4) is 0 Å². The Balaban J connectivity index is 1.34. The Morgan fingerprint density at radius 2 is 2.12 bits per heavy atom. The van der Waals surface area contributed by atoms with Gasteiger partial charge in [-0.2, -0.15) is 4.98 Å². The second-order valence-corrected chi connectivity index (χ2v) is 6.56. The van der Waals surface area contributed by atoms with Crippen LogP contribution in [0.5, 0.6) is 0 Å². The van der Waals surface area contributed by atoms with Gasteiger partial charge in [0.05, 0.1) is 18.0 Å². The lowest BCUT2D eigenvalue weighted by atomic mass is 10.2. The third kappa shape index (κ3) is 3.27. The summed E-state index contributed by atoms with van der Waals surface area (Å²) < 4.78 is 13.3. The molecule has 1 fully saturated rings. The Kier molecular flexibility index (Phi) is 4.22. The molecule has 4 heterocycles. The quantitative estimate of drug-likeness (QED) is 0.759. The standard InChI is InChI=1S/C17H22N6O2/c1-10-6-11(2)23-13(8-19-17(23)20-10)7-18-9-14-4-5-15(24-14)16-21-12(3)22-25-16/h6,8,14-15,18H,4-5,7,9H2,1-3H3/t14-,15+/m1/s1. The molecule has 1 N–H and O–H groups in total. The number of fused-ring (bicyclic) bond motifs is 1. The van der Waals surface area contributed by atoms with Gasteiger partial charge in [-0.3, -0.25) is 4.40 Å². The molecular formula is C17H22N6O2. The van der Waals surface area contributed by atoms with E-state index in [9.17, 15) is 0 Å². The lowest BCUT2D eigenvalue weighted by Gasteiger charge is -2.13. The van der Waals surface area contributed by atoms with Crippen LogP contribution < -0.4 is 5.32 Å². The molecule has 25 heavy (non-hydrogen) atoms. The zero-order valence-corrected chi connectivity index (χ0v) is 14.7. The Hall–Kier alpha value is -2.32. The highest BCUT2D eigenvalue weighted by atomic mass is 16.5. The molecule has 4 rings (SSSR count). The summed E-state index contributed by atoms with van der Waals surface area (Å²) in [4.78, 5) is 13.1. The number of nitrogens with zero attached hydrogens (tertiary/aromatic N) is 5. The van der Waals surface area contributed by atoms with Gasteiger partial charge in [0.25, 0.3) is 5.89 Å². The SMILES string of the molecule is Cc1cc(C)n2c(CNC[C@H]3CC[C@@H](c4nc(C)no4)O3)cnc2n1. The molecule has 0 aliphatic carbocycles. The van der Waals surface area contributed by atoms with Crippen LogP contribution >= 0.6 is 0 Å². The minimum atomic E-state index is -0.0850. The maximum atomic E-state index is 6.01. The van der Waals surface area contributed by atoms with Gasteiger partial charge in [-0.15, -0.1) is 0 Å². The van der Waals surface area contributed by atoms with Crippen LogP contribution in [0.4, 0.5) is 0 Å². The zero-order valence-electron chi connectivity index (χ0n) is 14.7. The second-order valence-electron chi connectivity index (χ2n) is 6.56. The van der Waals surface area contributed by atoms with Crippen LogP contribution in [0.15, 0.2) is 16.8 Å². The molecular weight excluding hydrogens is 320 g/mol. The first-order chi connectivity index (χ1) is 12.1. The first-order valence-electron chi connectivity index (χ1n) is 8.57. The van der Waals surface area contributed by atoms with E-state index in [1.807, 2.05) is 20.0 Å². The highest BCUT2D eigenvalue weighted by molar-refractivity contribution is 5.35. The van der Waals surface area contributed by atoms with Crippen molar-refractivity contribution in [2.75, 3.05) is 6.54 Å². The molecule has 0 amide bonds. The van der Waals surface area contributed by atoms with Crippen molar-refractivity contribution >= 4 is 5.78 Å². The highest BCUT2D eigenvalue weighted by Gasteiger charge is 2.30. The van der Waals surface area contributed by atoms with Gasteiger partial charge in [-0.05, 0) is 39.7 Å². The number of hydrogen-bond acceptors (Lipinski definition) is 7.